The van der Waals surface area contributed by atoms with E-state index in [4.69, 9.17) is 21.1 Å². The van der Waals surface area contributed by atoms with Crippen molar-refractivity contribution in [2.24, 2.45) is 0 Å². The number of rotatable bonds is 5. The van der Waals surface area contributed by atoms with E-state index < -0.39 is 0 Å². The number of thioether (sulfide) groups is 1. The average molecular weight is 386 g/mol. The standard InChI is InChI=1S/C15H16ClN3O3S2/c1-2-23-15-19-18-14(24-15)17-12(20)8-9-6-10(16)13-11(7-9)21-4-3-5-22-13/h6-7H,2-5,8H2,1H3,(H,17,18,20). The molecule has 24 heavy (non-hydrogen) atoms. The second-order valence-corrected chi connectivity index (χ2v) is 7.88. The van der Waals surface area contributed by atoms with E-state index in [2.05, 4.69) is 15.5 Å². The van der Waals surface area contributed by atoms with Gasteiger partial charge in [0.05, 0.1) is 24.7 Å². The Kier molecular flexibility index (Phi) is 5.80. The molecule has 0 saturated carbocycles. The van der Waals surface area contributed by atoms with Crippen molar-refractivity contribution in [3.05, 3.63) is 22.7 Å². The summed E-state index contributed by atoms with van der Waals surface area (Å²) in [5.41, 5.74) is 0.759. The first-order valence-corrected chi connectivity index (χ1v) is 9.68. The van der Waals surface area contributed by atoms with Gasteiger partial charge in [-0.1, -0.05) is 41.6 Å². The van der Waals surface area contributed by atoms with Gasteiger partial charge in [0.2, 0.25) is 11.0 Å². The minimum Gasteiger partial charge on any atom is -0.489 e. The molecule has 0 saturated heterocycles. The Morgan fingerprint density at radius 3 is 3.04 bits per heavy atom. The summed E-state index contributed by atoms with van der Waals surface area (Å²) in [6, 6.07) is 3.53. The molecule has 0 radical (unpaired) electrons. The van der Waals surface area contributed by atoms with Crippen molar-refractivity contribution in [1.29, 1.82) is 0 Å². The number of hydrogen-bond acceptors (Lipinski definition) is 7. The lowest BCUT2D eigenvalue weighted by Crippen LogP contribution is -2.14. The molecule has 0 unspecified atom stereocenters. The second kappa shape index (κ2) is 8.04. The van der Waals surface area contributed by atoms with Crippen molar-refractivity contribution in [2.75, 3.05) is 24.3 Å². The van der Waals surface area contributed by atoms with E-state index in [1.165, 1.54) is 11.3 Å². The van der Waals surface area contributed by atoms with Gasteiger partial charge in [0.1, 0.15) is 0 Å². The van der Waals surface area contributed by atoms with E-state index >= 15 is 0 Å². The number of anilines is 1. The molecule has 1 aromatic carbocycles. The van der Waals surface area contributed by atoms with E-state index in [9.17, 15) is 4.79 Å². The topological polar surface area (TPSA) is 73.3 Å². The lowest BCUT2D eigenvalue weighted by molar-refractivity contribution is -0.115. The molecule has 1 N–H and O–H groups in total. The highest BCUT2D eigenvalue weighted by molar-refractivity contribution is 8.01. The Bertz CT molecular complexity index is 739. The van der Waals surface area contributed by atoms with E-state index in [1.54, 1.807) is 23.9 Å². The Labute approximate surface area is 152 Å². The van der Waals surface area contributed by atoms with Gasteiger partial charge in [-0.15, -0.1) is 10.2 Å². The molecule has 0 aliphatic carbocycles. The number of carbonyl (C=O) groups excluding carboxylic acids is 1. The van der Waals surface area contributed by atoms with Crippen molar-refractivity contribution in [2.45, 2.75) is 24.1 Å². The van der Waals surface area contributed by atoms with Crippen LogP contribution < -0.4 is 14.8 Å². The number of hydrogen-bond donors (Lipinski definition) is 1. The number of benzene rings is 1. The van der Waals surface area contributed by atoms with E-state index in [1.807, 2.05) is 6.92 Å². The number of halogens is 1. The van der Waals surface area contributed by atoms with Gasteiger partial charge in [-0.2, -0.15) is 0 Å². The van der Waals surface area contributed by atoms with Crippen LogP contribution in [0.3, 0.4) is 0 Å². The van der Waals surface area contributed by atoms with Gasteiger partial charge < -0.3 is 14.8 Å². The van der Waals surface area contributed by atoms with Crippen LogP contribution in [0.25, 0.3) is 0 Å². The molecule has 0 bridgehead atoms. The molecule has 1 amide bonds. The van der Waals surface area contributed by atoms with E-state index in [0.717, 1.165) is 22.1 Å². The van der Waals surface area contributed by atoms with Crippen molar-refractivity contribution >= 4 is 45.7 Å². The summed E-state index contributed by atoms with van der Waals surface area (Å²) in [6.45, 7) is 3.18. The maximum absolute atomic E-state index is 12.2. The molecule has 0 fully saturated rings. The van der Waals surface area contributed by atoms with Gasteiger partial charge in [0, 0.05) is 6.42 Å². The van der Waals surface area contributed by atoms with Gasteiger partial charge in [0.15, 0.2) is 15.8 Å². The zero-order chi connectivity index (χ0) is 16.9. The number of fused-ring (bicyclic) bond motifs is 1. The second-order valence-electron chi connectivity index (χ2n) is 4.99. The number of nitrogens with one attached hydrogen (secondary N) is 1. The van der Waals surface area contributed by atoms with Crippen LogP contribution in [0, 0.1) is 0 Å². The molecule has 2 aromatic rings. The van der Waals surface area contributed by atoms with Crippen LogP contribution in [-0.4, -0.2) is 35.1 Å². The van der Waals surface area contributed by atoms with Crippen molar-refractivity contribution in [3.63, 3.8) is 0 Å². The number of aromatic nitrogens is 2. The number of amides is 1. The van der Waals surface area contributed by atoms with Crippen LogP contribution >= 0.6 is 34.7 Å². The third-order valence-electron chi connectivity index (χ3n) is 3.15. The first kappa shape index (κ1) is 17.3. The summed E-state index contributed by atoms with van der Waals surface area (Å²) in [5, 5.41) is 11.7. The Balaban J connectivity index is 1.67. The van der Waals surface area contributed by atoms with Crippen molar-refractivity contribution in [1.82, 2.24) is 10.2 Å². The summed E-state index contributed by atoms with van der Waals surface area (Å²) in [7, 11) is 0. The molecule has 1 aliphatic heterocycles. The highest BCUT2D eigenvalue weighted by Crippen LogP contribution is 2.38. The molecule has 1 aromatic heterocycles. The quantitative estimate of drug-likeness (QED) is 0.625. The van der Waals surface area contributed by atoms with Gasteiger partial charge >= 0.3 is 0 Å². The van der Waals surface area contributed by atoms with Gasteiger partial charge in [0.25, 0.3) is 0 Å². The van der Waals surface area contributed by atoms with Gasteiger partial charge in [-0.05, 0) is 23.4 Å². The maximum Gasteiger partial charge on any atom is 0.230 e. The monoisotopic (exact) mass is 385 g/mol. The predicted octanol–water partition coefficient (Wildman–Crippen LogP) is 3.65. The van der Waals surface area contributed by atoms with Gasteiger partial charge in [-0.25, -0.2) is 0 Å². The first-order valence-electron chi connectivity index (χ1n) is 7.50. The van der Waals surface area contributed by atoms with Crippen LogP contribution in [0.2, 0.25) is 5.02 Å². The SMILES string of the molecule is CCSc1nnc(NC(=O)Cc2cc(Cl)c3c(c2)OCCCO3)s1. The van der Waals surface area contributed by atoms with Crippen LogP contribution in [0.4, 0.5) is 5.13 Å². The average Bonchev–Trinajstić information content (AvgIpc) is 2.82. The maximum atomic E-state index is 12.2. The summed E-state index contributed by atoms with van der Waals surface area (Å²) < 4.78 is 12.1. The van der Waals surface area contributed by atoms with E-state index in [-0.39, 0.29) is 12.3 Å². The summed E-state index contributed by atoms with van der Waals surface area (Å²) >= 11 is 9.20. The normalized spacial score (nSPS) is 13.4. The fraction of sp³-hybridized carbons (Fsp3) is 0.400. The van der Waals surface area contributed by atoms with Gasteiger partial charge in [-0.3, -0.25) is 4.79 Å². The molecule has 0 atom stereocenters. The summed E-state index contributed by atoms with van der Waals surface area (Å²) in [6.07, 6.45) is 0.974. The molecule has 2 heterocycles. The zero-order valence-corrected chi connectivity index (χ0v) is 15.4. The van der Waals surface area contributed by atoms with Crippen LogP contribution in [0.1, 0.15) is 18.9 Å². The molecular weight excluding hydrogens is 370 g/mol. The lowest BCUT2D eigenvalue weighted by atomic mass is 10.1. The number of carbonyl (C=O) groups is 1. The minimum atomic E-state index is -0.176. The highest BCUT2D eigenvalue weighted by atomic mass is 35.5. The smallest absolute Gasteiger partial charge is 0.230 e. The van der Waals surface area contributed by atoms with Crippen LogP contribution in [0.15, 0.2) is 16.5 Å². The fourth-order valence-electron chi connectivity index (χ4n) is 2.18. The largest absolute Gasteiger partial charge is 0.489 e. The molecular formula is C15H16ClN3O3S2. The molecule has 1 aliphatic rings. The Morgan fingerprint density at radius 2 is 2.21 bits per heavy atom. The summed E-state index contributed by atoms with van der Waals surface area (Å²) in [4.78, 5) is 12.2. The zero-order valence-electron chi connectivity index (χ0n) is 13.0. The Hall–Kier alpha value is -1.51. The first-order chi connectivity index (χ1) is 11.7. The molecule has 9 heteroatoms. The lowest BCUT2D eigenvalue weighted by Gasteiger charge is -2.11. The number of ether oxygens (including phenoxy) is 2. The third kappa shape index (κ3) is 4.31. The summed E-state index contributed by atoms with van der Waals surface area (Å²) in [5.74, 6) is 1.87. The third-order valence-corrected chi connectivity index (χ3v) is 5.28. The highest BCUT2D eigenvalue weighted by Gasteiger charge is 2.17. The fourth-order valence-corrected chi connectivity index (χ4v) is 4.13. The number of nitrogens with zero attached hydrogens (tertiary/aromatic N) is 2. The van der Waals surface area contributed by atoms with Crippen LogP contribution in [0.5, 0.6) is 11.5 Å². The molecule has 6 nitrogen and oxygen atoms in total. The van der Waals surface area contributed by atoms with Crippen molar-refractivity contribution in [3.8, 4) is 11.5 Å². The minimum absolute atomic E-state index is 0.173. The molecule has 128 valence electrons. The van der Waals surface area contributed by atoms with Crippen LogP contribution in [-0.2, 0) is 11.2 Å². The van der Waals surface area contributed by atoms with Crippen molar-refractivity contribution < 1.29 is 14.3 Å². The molecule has 3 rings (SSSR count). The Morgan fingerprint density at radius 1 is 1.38 bits per heavy atom. The van der Waals surface area contributed by atoms with E-state index in [0.29, 0.717) is 34.9 Å². The molecule has 0 spiro atoms. The predicted molar refractivity (Wildman–Crippen MR) is 95.7 cm³/mol.